The Balaban J connectivity index is 1.53. The van der Waals surface area contributed by atoms with E-state index in [9.17, 15) is 14.4 Å². The van der Waals surface area contributed by atoms with Crippen LogP contribution in [-0.2, 0) is 16.1 Å². The summed E-state index contributed by atoms with van der Waals surface area (Å²) in [5, 5.41) is 2.87. The van der Waals surface area contributed by atoms with E-state index < -0.39 is 0 Å². The first-order valence-corrected chi connectivity index (χ1v) is 7.98. The number of rotatable bonds is 4. The van der Waals surface area contributed by atoms with Crippen LogP contribution in [0.2, 0.25) is 0 Å². The van der Waals surface area contributed by atoms with Gasteiger partial charge in [0.15, 0.2) is 5.65 Å². The van der Waals surface area contributed by atoms with Crippen molar-refractivity contribution in [3.8, 4) is 0 Å². The quantitative estimate of drug-likeness (QED) is 0.783. The first-order valence-electron chi connectivity index (χ1n) is 7.98. The zero-order valence-corrected chi connectivity index (χ0v) is 13.5. The fourth-order valence-electron chi connectivity index (χ4n) is 3.00. The Kier molecular flexibility index (Phi) is 4.59. The van der Waals surface area contributed by atoms with Crippen LogP contribution in [0.15, 0.2) is 17.3 Å². The number of aromatic amines is 1. The second-order valence-corrected chi connectivity index (χ2v) is 5.91. The number of nitrogens with one attached hydrogen (secondary N) is 2. The van der Waals surface area contributed by atoms with Gasteiger partial charge in [0, 0.05) is 39.0 Å². The van der Waals surface area contributed by atoms with Crippen LogP contribution >= 0.6 is 0 Å². The highest BCUT2D eigenvalue weighted by molar-refractivity contribution is 5.79. The summed E-state index contributed by atoms with van der Waals surface area (Å²) in [5.74, 6) is -0.0575. The lowest BCUT2D eigenvalue weighted by Gasteiger charge is -2.30. The standard InChI is InChI=1S/C15H20N6O3/c1-10(22)20-5-2-11(3-6-20)14(23)17-4-7-21-13-12(19-15(21)24)8-16-9-18-13/h8-9,11H,2-7H2,1H3,(H,17,23)(H,19,24). The molecule has 0 saturated carbocycles. The zero-order chi connectivity index (χ0) is 17.1. The minimum Gasteiger partial charge on any atom is -0.354 e. The fourth-order valence-corrected chi connectivity index (χ4v) is 3.00. The number of carbonyl (C=O) groups is 2. The third-order valence-corrected chi connectivity index (χ3v) is 4.38. The second kappa shape index (κ2) is 6.81. The summed E-state index contributed by atoms with van der Waals surface area (Å²) in [4.78, 5) is 47.8. The number of piperidine rings is 1. The van der Waals surface area contributed by atoms with E-state index in [1.54, 1.807) is 18.0 Å². The van der Waals surface area contributed by atoms with Gasteiger partial charge in [-0.3, -0.25) is 14.2 Å². The maximum Gasteiger partial charge on any atom is 0.327 e. The number of nitrogens with zero attached hydrogens (tertiary/aromatic N) is 4. The normalized spacial score (nSPS) is 15.6. The van der Waals surface area contributed by atoms with Gasteiger partial charge in [-0.05, 0) is 12.8 Å². The van der Waals surface area contributed by atoms with Crippen molar-refractivity contribution in [1.29, 1.82) is 0 Å². The number of imidazole rings is 1. The van der Waals surface area contributed by atoms with E-state index in [-0.39, 0.29) is 23.4 Å². The van der Waals surface area contributed by atoms with Gasteiger partial charge in [-0.2, -0.15) is 0 Å². The lowest BCUT2D eigenvalue weighted by Crippen LogP contribution is -2.43. The molecule has 1 saturated heterocycles. The molecular formula is C15H20N6O3. The first kappa shape index (κ1) is 16.2. The van der Waals surface area contributed by atoms with Gasteiger partial charge in [0.05, 0.1) is 6.20 Å². The van der Waals surface area contributed by atoms with Crippen LogP contribution < -0.4 is 11.0 Å². The molecule has 0 aromatic carbocycles. The molecule has 9 nitrogen and oxygen atoms in total. The second-order valence-electron chi connectivity index (χ2n) is 5.91. The van der Waals surface area contributed by atoms with Crippen molar-refractivity contribution in [2.45, 2.75) is 26.3 Å². The van der Waals surface area contributed by atoms with Crippen LogP contribution in [0.4, 0.5) is 0 Å². The summed E-state index contributed by atoms with van der Waals surface area (Å²) < 4.78 is 1.48. The molecule has 9 heteroatoms. The zero-order valence-electron chi connectivity index (χ0n) is 13.5. The number of hydrogen-bond donors (Lipinski definition) is 2. The Labute approximate surface area is 138 Å². The minimum absolute atomic E-state index is 0.0271. The van der Waals surface area contributed by atoms with Gasteiger partial charge in [-0.15, -0.1) is 0 Å². The van der Waals surface area contributed by atoms with Crippen LogP contribution in [-0.4, -0.2) is 55.9 Å². The van der Waals surface area contributed by atoms with Crippen molar-refractivity contribution in [1.82, 2.24) is 29.7 Å². The van der Waals surface area contributed by atoms with Crippen molar-refractivity contribution < 1.29 is 9.59 Å². The number of carbonyl (C=O) groups excluding carboxylic acids is 2. The van der Waals surface area contributed by atoms with E-state index >= 15 is 0 Å². The number of hydrogen-bond acceptors (Lipinski definition) is 5. The molecular weight excluding hydrogens is 312 g/mol. The van der Waals surface area contributed by atoms with Gasteiger partial charge < -0.3 is 15.2 Å². The molecule has 2 aromatic heterocycles. The number of likely N-dealkylation sites (tertiary alicyclic amines) is 1. The highest BCUT2D eigenvalue weighted by atomic mass is 16.2. The summed E-state index contributed by atoms with van der Waals surface area (Å²) in [5.41, 5.74) is 0.832. The largest absolute Gasteiger partial charge is 0.354 e. The molecule has 0 atom stereocenters. The van der Waals surface area contributed by atoms with E-state index in [1.807, 2.05) is 0 Å². The summed E-state index contributed by atoms with van der Waals surface area (Å²) in [6.07, 6.45) is 4.27. The molecule has 0 radical (unpaired) electrons. The van der Waals surface area contributed by atoms with Crippen molar-refractivity contribution in [3.63, 3.8) is 0 Å². The van der Waals surface area contributed by atoms with E-state index in [0.717, 1.165) is 0 Å². The van der Waals surface area contributed by atoms with Crippen molar-refractivity contribution in [2.75, 3.05) is 19.6 Å². The smallest absolute Gasteiger partial charge is 0.327 e. The summed E-state index contributed by atoms with van der Waals surface area (Å²) >= 11 is 0. The predicted octanol–water partition coefficient (Wildman–Crippen LogP) is -0.506. The molecule has 0 spiro atoms. The highest BCUT2D eigenvalue weighted by Crippen LogP contribution is 2.17. The summed E-state index contributed by atoms with van der Waals surface area (Å²) in [6, 6.07) is 0. The van der Waals surface area contributed by atoms with Gasteiger partial charge in [0.1, 0.15) is 11.8 Å². The molecule has 0 aliphatic carbocycles. The molecule has 1 fully saturated rings. The lowest BCUT2D eigenvalue weighted by molar-refractivity contribution is -0.133. The third-order valence-electron chi connectivity index (χ3n) is 4.38. The molecule has 3 rings (SSSR count). The molecule has 0 bridgehead atoms. The molecule has 1 aliphatic heterocycles. The van der Waals surface area contributed by atoms with Gasteiger partial charge in [0.2, 0.25) is 11.8 Å². The fraction of sp³-hybridized carbons (Fsp3) is 0.533. The molecule has 2 aromatic rings. The Hall–Kier alpha value is -2.71. The average molecular weight is 332 g/mol. The summed E-state index contributed by atoms with van der Waals surface area (Å²) in [6.45, 7) is 3.47. The Morgan fingerprint density at radius 3 is 2.83 bits per heavy atom. The van der Waals surface area contributed by atoms with Crippen LogP contribution in [0.1, 0.15) is 19.8 Å². The number of H-pyrrole nitrogens is 1. The van der Waals surface area contributed by atoms with E-state index in [0.29, 0.717) is 50.2 Å². The number of fused-ring (bicyclic) bond motifs is 1. The van der Waals surface area contributed by atoms with Gasteiger partial charge in [-0.25, -0.2) is 14.8 Å². The van der Waals surface area contributed by atoms with Gasteiger partial charge in [-0.1, -0.05) is 0 Å². The Bertz CT molecular complexity index is 803. The molecule has 128 valence electrons. The SMILES string of the molecule is CC(=O)N1CCC(C(=O)NCCn2c(=O)[nH]c3cncnc32)CC1. The number of amides is 2. The average Bonchev–Trinajstić information content (AvgIpc) is 2.90. The molecule has 3 heterocycles. The molecule has 2 N–H and O–H groups in total. The van der Waals surface area contributed by atoms with Gasteiger partial charge >= 0.3 is 5.69 Å². The molecule has 2 amide bonds. The molecule has 0 unspecified atom stereocenters. The van der Waals surface area contributed by atoms with Crippen LogP contribution in [0.3, 0.4) is 0 Å². The monoisotopic (exact) mass is 332 g/mol. The number of aromatic nitrogens is 4. The molecule has 1 aliphatic rings. The van der Waals surface area contributed by atoms with Gasteiger partial charge in [0.25, 0.3) is 0 Å². The van der Waals surface area contributed by atoms with Crippen LogP contribution in [0, 0.1) is 5.92 Å². The van der Waals surface area contributed by atoms with E-state index in [1.165, 1.54) is 10.9 Å². The topological polar surface area (TPSA) is 113 Å². The highest BCUT2D eigenvalue weighted by Gasteiger charge is 2.25. The maximum absolute atomic E-state index is 12.2. The van der Waals surface area contributed by atoms with E-state index in [4.69, 9.17) is 0 Å². The van der Waals surface area contributed by atoms with Crippen molar-refractivity contribution in [2.24, 2.45) is 5.92 Å². The third kappa shape index (κ3) is 3.29. The first-order chi connectivity index (χ1) is 11.6. The van der Waals surface area contributed by atoms with Crippen LogP contribution in [0.5, 0.6) is 0 Å². The van der Waals surface area contributed by atoms with Crippen LogP contribution in [0.25, 0.3) is 11.2 Å². The minimum atomic E-state index is -0.269. The molecule has 24 heavy (non-hydrogen) atoms. The van der Waals surface area contributed by atoms with Crippen molar-refractivity contribution in [3.05, 3.63) is 23.0 Å². The van der Waals surface area contributed by atoms with E-state index in [2.05, 4.69) is 20.3 Å². The lowest BCUT2D eigenvalue weighted by atomic mass is 9.96. The Morgan fingerprint density at radius 2 is 2.12 bits per heavy atom. The summed E-state index contributed by atoms with van der Waals surface area (Å²) in [7, 11) is 0. The Morgan fingerprint density at radius 1 is 1.38 bits per heavy atom. The van der Waals surface area contributed by atoms with Crippen molar-refractivity contribution >= 4 is 23.0 Å². The maximum atomic E-state index is 12.2. The predicted molar refractivity (Wildman–Crippen MR) is 86.1 cm³/mol.